The highest BCUT2D eigenvalue weighted by atomic mass is 32.2. The average molecular weight is 358 g/mol. The summed E-state index contributed by atoms with van der Waals surface area (Å²) in [5.41, 5.74) is 3.96. The molecule has 1 heterocycles. The number of aromatic nitrogens is 1. The zero-order valence-corrected chi connectivity index (χ0v) is 16.1. The van der Waals surface area contributed by atoms with Gasteiger partial charge in [-0.25, -0.2) is 0 Å². The van der Waals surface area contributed by atoms with Gasteiger partial charge in [0, 0.05) is 61.0 Å². The lowest BCUT2D eigenvalue weighted by molar-refractivity contribution is 0.323. The van der Waals surface area contributed by atoms with Crippen LogP contribution in [0.2, 0.25) is 0 Å². The van der Waals surface area contributed by atoms with Gasteiger partial charge in [-0.3, -0.25) is 9.98 Å². The number of hydrogen-bond donors (Lipinski definition) is 1. The van der Waals surface area contributed by atoms with Gasteiger partial charge >= 0.3 is 0 Å². The van der Waals surface area contributed by atoms with Crippen LogP contribution in [0.5, 0.6) is 5.75 Å². The van der Waals surface area contributed by atoms with Gasteiger partial charge in [0.05, 0.1) is 0 Å². The molecule has 0 saturated heterocycles. The van der Waals surface area contributed by atoms with Crippen molar-refractivity contribution in [3.05, 3.63) is 58.9 Å². The molecule has 0 radical (unpaired) electrons. The van der Waals surface area contributed by atoms with Gasteiger partial charge in [0.1, 0.15) is 5.75 Å². The first-order valence-electron chi connectivity index (χ1n) is 8.50. The number of nitrogens with zero attached hydrogens (tertiary/aromatic N) is 3. The molecular weight excluding hydrogens is 330 g/mol. The van der Waals surface area contributed by atoms with E-state index in [2.05, 4.69) is 35.1 Å². The van der Waals surface area contributed by atoms with Crippen molar-refractivity contribution in [3.63, 3.8) is 0 Å². The van der Waals surface area contributed by atoms with Crippen molar-refractivity contribution in [3.8, 4) is 5.75 Å². The highest BCUT2D eigenvalue weighted by Gasteiger charge is 2.10. The fourth-order valence-corrected chi connectivity index (χ4v) is 2.92. The molecule has 0 amide bonds. The number of aliphatic imine (C=N–C) groups is 1. The molecule has 0 spiro atoms. The van der Waals surface area contributed by atoms with E-state index in [1.165, 1.54) is 0 Å². The van der Waals surface area contributed by atoms with Gasteiger partial charge in [-0.15, -0.1) is 0 Å². The molecule has 0 aliphatic carbocycles. The first-order valence-corrected chi connectivity index (χ1v) is 9.89. The second-order valence-corrected chi connectivity index (χ2v) is 7.18. The van der Waals surface area contributed by atoms with Crippen LogP contribution in [0.15, 0.2) is 41.5 Å². The topological polar surface area (TPSA) is 48.7 Å². The van der Waals surface area contributed by atoms with E-state index in [0.29, 0.717) is 12.3 Å². The predicted molar refractivity (Wildman–Crippen MR) is 108 cm³/mol. The van der Waals surface area contributed by atoms with Crippen molar-refractivity contribution >= 4 is 18.0 Å². The normalized spacial score (nSPS) is 11.5. The molecule has 25 heavy (non-hydrogen) atoms. The predicted octanol–water partition coefficient (Wildman–Crippen LogP) is 3.55. The maximum Gasteiger partial charge on any atom is 0.128 e. The maximum atomic E-state index is 10.6. The van der Waals surface area contributed by atoms with Crippen LogP contribution < -0.4 is 0 Å². The Balaban J connectivity index is 2.00. The molecule has 4 nitrogen and oxygen atoms in total. The molecule has 0 bridgehead atoms. The Labute approximate surface area is 155 Å². The molecule has 0 aliphatic rings. The van der Waals surface area contributed by atoms with Crippen molar-refractivity contribution in [1.82, 2.24) is 9.88 Å². The van der Waals surface area contributed by atoms with E-state index in [9.17, 15) is 5.11 Å². The van der Waals surface area contributed by atoms with E-state index in [1.807, 2.05) is 36.5 Å². The van der Waals surface area contributed by atoms with Gasteiger partial charge in [-0.05, 0) is 44.0 Å². The number of aryl methyl sites for hydroxylation is 1. The largest absolute Gasteiger partial charge is 0.507 e. The highest BCUT2D eigenvalue weighted by Crippen LogP contribution is 2.24. The van der Waals surface area contributed by atoms with Gasteiger partial charge in [0.25, 0.3) is 0 Å². The molecule has 0 aliphatic heterocycles. The van der Waals surface area contributed by atoms with Crippen molar-refractivity contribution in [2.24, 2.45) is 4.99 Å². The fourth-order valence-electron chi connectivity index (χ4n) is 2.63. The van der Waals surface area contributed by atoms with Crippen LogP contribution in [0.25, 0.3) is 0 Å². The number of pyridine rings is 1. The second-order valence-electron chi connectivity index (χ2n) is 6.20. The summed E-state index contributed by atoms with van der Waals surface area (Å²) >= 11 is 1.77. The minimum atomic E-state index is 0.336. The lowest BCUT2D eigenvalue weighted by Gasteiger charge is -2.18. The van der Waals surface area contributed by atoms with E-state index in [4.69, 9.17) is 0 Å². The zero-order valence-electron chi connectivity index (χ0n) is 15.3. The second kappa shape index (κ2) is 10.2. The molecule has 0 saturated carbocycles. The quantitative estimate of drug-likeness (QED) is 0.551. The Kier molecular flexibility index (Phi) is 7.95. The number of likely N-dealkylation sites (N-methyl/N-ethyl adjacent to an activating group) is 1. The third-order valence-corrected chi connectivity index (χ3v) is 4.52. The highest BCUT2D eigenvalue weighted by molar-refractivity contribution is 7.98. The molecule has 2 rings (SSSR count). The van der Waals surface area contributed by atoms with E-state index < -0.39 is 0 Å². The first-order chi connectivity index (χ1) is 12.1. The SMILES string of the molecule is CSCCN=Cc1cc(C)cc(CN(C)CCc2ccccn2)c1O. The Morgan fingerprint density at radius 2 is 2.16 bits per heavy atom. The lowest BCUT2D eigenvalue weighted by Crippen LogP contribution is -2.21. The molecule has 5 heteroatoms. The molecule has 0 unspecified atom stereocenters. The molecule has 1 aromatic heterocycles. The van der Waals surface area contributed by atoms with Crippen molar-refractivity contribution in [2.45, 2.75) is 19.9 Å². The van der Waals surface area contributed by atoms with E-state index in [0.717, 1.165) is 47.6 Å². The molecule has 2 aromatic rings. The van der Waals surface area contributed by atoms with Crippen molar-refractivity contribution in [1.29, 1.82) is 0 Å². The summed E-state index contributed by atoms with van der Waals surface area (Å²) in [6.07, 6.45) is 6.58. The summed E-state index contributed by atoms with van der Waals surface area (Å²) in [5, 5.41) is 10.6. The third-order valence-electron chi connectivity index (χ3n) is 3.93. The van der Waals surface area contributed by atoms with Crippen LogP contribution in [-0.2, 0) is 13.0 Å². The van der Waals surface area contributed by atoms with Gasteiger partial charge < -0.3 is 10.0 Å². The number of rotatable bonds is 9. The summed E-state index contributed by atoms with van der Waals surface area (Å²) in [6.45, 7) is 4.41. The smallest absolute Gasteiger partial charge is 0.128 e. The lowest BCUT2D eigenvalue weighted by atomic mass is 10.0. The van der Waals surface area contributed by atoms with Crippen molar-refractivity contribution in [2.75, 3.05) is 32.1 Å². The zero-order chi connectivity index (χ0) is 18.1. The van der Waals surface area contributed by atoms with Crippen LogP contribution in [0.4, 0.5) is 0 Å². The summed E-state index contributed by atoms with van der Waals surface area (Å²) in [7, 11) is 2.07. The van der Waals surface area contributed by atoms with Crippen LogP contribution in [-0.4, -0.2) is 53.4 Å². The first kappa shape index (κ1) is 19.5. The maximum absolute atomic E-state index is 10.6. The van der Waals surface area contributed by atoms with Crippen LogP contribution >= 0.6 is 11.8 Å². The molecule has 0 atom stereocenters. The number of benzene rings is 1. The Bertz CT molecular complexity index is 689. The number of phenolic OH excluding ortho intramolecular Hbond substituents is 1. The number of hydrogen-bond acceptors (Lipinski definition) is 5. The monoisotopic (exact) mass is 357 g/mol. The minimum Gasteiger partial charge on any atom is -0.507 e. The Morgan fingerprint density at radius 3 is 2.88 bits per heavy atom. The minimum absolute atomic E-state index is 0.336. The van der Waals surface area contributed by atoms with E-state index in [-0.39, 0.29) is 0 Å². The molecule has 0 fully saturated rings. The Hall–Kier alpha value is -1.85. The molecular formula is C20H27N3OS. The Morgan fingerprint density at radius 1 is 1.32 bits per heavy atom. The van der Waals surface area contributed by atoms with Gasteiger partial charge in [-0.1, -0.05) is 12.1 Å². The van der Waals surface area contributed by atoms with E-state index in [1.54, 1.807) is 18.0 Å². The molecule has 1 aromatic carbocycles. The summed E-state index contributed by atoms with van der Waals surface area (Å²) in [5.74, 6) is 1.33. The van der Waals surface area contributed by atoms with E-state index >= 15 is 0 Å². The van der Waals surface area contributed by atoms with Gasteiger partial charge in [-0.2, -0.15) is 11.8 Å². The average Bonchev–Trinajstić information content (AvgIpc) is 2.61. The summed E-state index contributed by atoms with van der Waals surface area (Å²) in [4.78, 5) is 11.0. The number of thioether (sulfide) groups is 1. The standard InChI is InChI=1S/C20H27N3OS/c1-16-12-17(14-21-9-11-25-3)20(24)18(13-16)15-23(2)10-7-19-6-4-5-8-22-19/h4-6,8,12-14,24H,7,9-11,15H2,1-3H3. The summed E-state index contributed by atoms with van der Waals surface area (Å²) in [6, 6.07) is 10.0. The van der Waals surface area contributed by atoms with Gasteiger partial charge in [0.2, 0.25) is 0 Å². The number of aromatic hydroxyl groups is 1. The fraction of sp³-hybridized carbons (Fsp3) is 0.400. The van der Waals surface area contributed by atoms with Gasteiger partial charge in [0.15, 0.2) is 0 Å². The summed E-state index contributed by atoms with van der Waals surface area (Å²) < 4.78 is 0. The number of phenols is 1. The van der Waals surface area contributed by atoms with Crippen LogP contribution in [0, 0.1) is 6.92 Å². The van der Waals surface area contributed by atoms with Crippen LogP contribution in [0.1, 0.15) is 22.4 Å². The van der Waals surface area contributed by atoms with Crippen LogP contribution in [0.3, 0.4) is 0 Å². The third kappa shape index (κ3) is 6.52. The van der Waals surface area contributed by atoms with Crippen molar-refractivity contribution < 1.29 is 5.11 Å². The molecule has 134 valence electrons. The molecule has 1 N–H and O–H groups in total.